The maximum absolute atomic E-state index is 13.8. The van der Waals surface area contributed by atoms with Gasteiger partial charge in [-0.2, -0.15) is 0 Å². The molecular formula is C13H11F2NO3. The number of ether oxygens (including phenoxy) is 1. The highest BCUT2D eigenvalue weighted by atomic mass is 19.1. The molecule has 3 rings (SSSR count). The standard InChI is InChI=1S/C13H11F2NO3/c14-7-4-9-11(10(15)5-7)16(13(18)12(9)17)6-8-2-1-3-19-8/h4-5,8H,1-3,6H2. The monoisotopic (exact) mass is 267 g/mol. The second kappa shape index (κ2) is 4.38. The Hall–Kier alpha value is -1.82. The van der Waals surface area contributed by atoms with Crippen molar-refractivity contribution in [1.29, 1.82) is 0 Å². The van der Waals surface area contributed by atoms with E-state index in [-0.39, 0.29) is 23.9 Å². The topological polar surface area (TPSA) is 46.6 Å². The average molecular weight is 267 g/mol. The van der Waals surface area contributed by atoms with Crippen LogP contribution < -0.4 is 4.90 Å². The summed E-state index contributed by atoms with van der Waals surface area (Å²) in [7, 11) is 0. The van der Waals surface area contributed by atoms with Crippen LogP contribution in [-0.2, 0) is 9.53 Å². The predicted octanol–water partition coefficient (Wildman–Crippen LogP) is 1.67. The normalized spacial score (nSPS) is 22.2. The highest BCUT2D eigenvalue weighted by Crippen LogP contribution is 2.33. The van der Waals surface area contributed by atoms with Crippen LogP contribution in [0, 0.1) is 11.6 Å². The quantitative estimate of drug-likeness (QED) is 0.766. The van der Waals surface area contributed by atoms with Crippen molar-refractivity contribution in [3.05, 3.63) is 29.3 Å². The number of anilines is 1. The van der Waals surface area contributed by atoms with Gasteiger partial charge in [0.15, 0.2) is 5.82 Å². The third-order valence-corrected chi connectivity index (χ3v) is 3.39. The van der Waals surface area contributed by atoms with Crippen molar-refractivity contribution in [3.63, 3.8) is 0 Å². The van der Waals surface area contributed by atoms with E-state index in [0.29, 0.717) is 12.7 Å². The molecule has 2 aliphatic heterocycles. The minimum absolute atomic E-state index is 0.125. The SMILES string of the molecule is O=C1C(=O)N(CC2CCCO2)c2c(F)cc(F)cc21. The van der Waals surface area contributed by atoms with Gasteiger partial charge in [0.05, 0.1) is 23.9 Å². The van der Waals surface area contributed by atoms with E-state index in [1.807, 2.05) is 0 Å². The zero-order valence-electron chi connectivity index (χ0n) is 9.99. The van der Waals surface area contributed by atoms with Gasteiger partial charge in [-0.25, -0.2) is 8.78 Å². The van der Waals surface area contributed by atoms with Crippen LogP contribution in [0.25, 0.3) is 0 Å². The summed E-state index contributed by atoms with van der Waals surface area (Å²) in [5.74, 6) is -3.45. The molecule has 0 aromatic heterocycles. The first kappa shape index (κ1) is 12.2. The van der Waals surface area contributed by atoms with E-state index in [4.69, 9.17) is 4.74 Å². The molecule has 2 heterocycles. The summed E-state index contributed by atoms with van der Waals surface area (Å²) in [4.78, 5) is 24.6. The lowest BCUT2D eigenvalue weighted by atomic mass is 10.1. The zero-order valence-corrected chi connectivity index (χ0v) is 9.99. The minimum atomic E-state index is -0.896. The fourth-order valence-corrected chi connectivity index (χ4v) is 2.52. The molecular weight excluding hydrogens is 256 g/mol. The highest BCUT2D eigenvalue weighted by molar-refractivity contribution is 6.52. The van der Waals surface area contributed by atoms with E-state index in [0.717, 1.165) is 23.8 Å². The Bertz CT molecular complexity index is 567. The van der Waals surface area contributed by atoms with Crippen molar-refractivity contribution in [1.82, 2.24) is 0 Å². The van der Waals surface area contributed by atoms with Gasteiger partial charge >= 0.3 is 0 Å². The Labute approximate surface area is 108 Å². The molecule has 0 radical (unpaired) electrons. The lowest BCUT2D eigenvalue weighted by molar-refractivity contribution is -0.114. The number of carbonyl (C=O) groups is 2. The molecule has 100 valence electrons. The van der Waals surface area contributed by atoms with E-state index in [2.05, 4.69) is 0 Å². The molecule has 1 atom stereocenters. The molecule has 0 saturated carbocycles. The lowest BCUT2D eigenvalue weighted by Gasteiger charge is -2.20. The van der Waals surface area contributed by atoms with Gasteiger partial charge in [-0.3, -0.25) is 14.5 Å². The van der Waals surface area contributed by atoms with Crippen molar-refractivity contribution in [2.75, 3.05) is 18.1 Å². The Morgan fingerprint density at radius 2 is 2.11 bits per heavy atom. The number of fused-ring (bicyclic) bond motifs is 1. The summed E-state index contributed by atoms with van der Waals surface area (Å²) in [6.45, 7) is 0.722. The summed E-state index contributed by atoms with van der Waals surface area (Å²) in [6, 6.07) is 1.57. The number of hydrogen-bond donors (Lipinski definition) is 0. The number of nitrogens with zero attached hydrogens (tertiary/aromatic N) is 1. The Morgan fingerprint density at radius 1 is 1.32 bits per heavy atom. The first-order chi connectivity index (χ1) is 9.08. The van der Waals surface area contributed by atoms with E-state index in [9.17, 15) is 18.4 Å². The first-order valence-electron chi connectivity index (χ1n) is 6.05. The molecule has 0 aliphatic carbocycles. The third-order valence-electron chi connectivity index (χ3n) is 3.39. The molecule has 0 spiro atoms. The first-order valence-corrected chi connectivity index (χ1v) is 6.05. The largest absolute Gasteiger partial charge is 0.376 e. The molecule has 1 amide bonds. The summed E-state index contributed by atoms with van der Waals surface area (Å²) in [5, 5.41) is 0. The van der Waals surface area contributed by atoms with Gasteiger partial charge in [-0.1, -0.05) is 0 Å². The van der Waals surface area contributed by atoms with E-state index < -0.39 is 23.3 Å². The predicted molar refractivity (Wildman–Crippen MR) is 62.0 cm³/mol. The van der Waals surface area contributed by atoms with Gasteiger partial charge in [0.25, 0.3) is 11.7 Å². The molecule has 1 aromatic carbocycles. The van der Waals surface area contributed by atoms with Crippen LogP contribution in [-0.4, -0.2) is 30.9 Å². The molecule has 0 N–H and O–H groups in total. The van der Waals surface area contributed by atoms with E-state index >= 15 is 0 Å². The van der Waals surface area contributed by atoms with Crippen molar-refractivity contribution < 1.29 is 23.1 Å². The molecule has 1 saturated heterocycles. The Kier molecular flexibility index (Phi) is 2.82. The second-order valence-electron chi connectivity index (χ2n) is 4.66. The van der Waals surface area contributed by atoms with Crippen LogP contribution in [0.4, 0.5) is 14.5 Å². The zero-order chi connectivity index (χ0) is 13.6. The fraction of sp³-hybridized carbons (Fsp3) is 0.385. The number of halogens is 2. The van der Waals surface area contributed by atoms with Crippen molar-refractivity contribution in [2.45, 2.75) is 18.9 Å². The van der Waals surface area contributed by atoms with Crippen molar-refractivity contribution in [2.24, 2.45) is 0 Å². The lowest BCUT2D eigenvalue weighted by Crippen LogP contribution is -2.36. The Morgan fingerprint density at radius 3 is 2.79 bits per heavy atom. The van der Waals surface area contributed by atoms with Crippen molar-refractivity contribution in [3.8, 4) is 0 Å². The fourth-order valence-electron chi connectivity index (χ4n) is 2.52. The van der Waals surface area contributed by atoms with Crippen molar-refractivity contribution >= 4 is 17.4 Å². The maximum atomic E-state index is 13.8. The third kappa shape index (κ3) is 1.92. The number of carbonyl (C=O) groups excluding carboxylic acids is 2. The van der Waals surface area contributed by atoms with Crippen LogP contribution >= 0.6 is 0 Å². The summed E-state index contributed by atoms with van der Waals surface area (Å²) < 4.78 is 32.3. The molecule has 1 unspecified atom stereocenters. The molecule has 4 nitrogen and oxygen atoms in total. The average Bonchev–Trinajstić information content (AvgIpc) is 2.93. The van der Waals surface area contributed by atoms with E-state index in [1.165, 1.54) is 0 Å². The van der Waals surface area contributed by atoms with Gasteiger partial charge < -0.3 is 4.74 Å². The van der Waals surface area contributed by atoms with Gasteiger partial charge in [0.1, 0.15) is 5.82 Å². The van der Waals surface area contributed by atoms with E-state index in [1.54, 1.807) is 0 Å². The smallest absolute Gasteiger partial charge is 0.299 e. The molecule has 2 aliphatic rings. The minimum Gasteiger partial charge on any atom is -0.376 e. The highest BCUT2D eigenvalue weighted by Gasteiger charge is 2.40. The van der Waals surface area contributed by atoms with Crippen LogP contribution in [0.3, 0.4) is 0 Å². The number of rotatable bonds is 2. The Balaban J connectivity index is 1.99. The van der Waals surface area contributed by atoms with Crippen LogP contribution in [0.1, 0.15) is 23.2 Å². The number of amides is 1. The van der Waals surface area contributed by atoms with Crippen LogP contribution in [0.5, 0.6) is 0 Å². The van der Waals surface area contributed by atoms with Crippen LogP contribution in [0.15, 0.2) is 12.1 Å². The van der Waals surface area contributed by atoms with Gasteiger partial charge in [0, 0.05) is 12.7 Å². The van der Waals surface area contributed by atoms with Gasteiger partial charge in [0.2, 0.25) is 0 Å². The number of benzene rings is 1. The molecule has 1 fully saturated rings. The summed E-state index contributed by atoms with van der Waals surface area (Å²) in [6.07, 6.45) is 1.43. The number of hydrogen-bond acceptors (Lipinski definition) is 3. The summed E-state index contributed by atoms with van der Waals surface area (Å²) in [5.41, 5.74) is -0.340. The van der Waals surface area contributed by atoms with Crippen LogP contribution in [0.2, 0.25) is 0 Å². The molecule has 19 heavy (non-hydrogen) atoms. The van der Waals surface area contributed by atoms with Gasteiger partial charge in [-0.05, 0) is 18.9 Å². The second-order valence-corrected chi connectivity index (χ2v) is 4.66. The maximum Gasteiger partial charge on any atom is 0.299 e. The van der Waals surface area contributed by atoms with Gasteiger partial charge in [-0.15, -0.1) is 0 Å². The number of ketones is 1. The molecule has 6 heteroatoms. The molecule has 0 bridgehead atoms. The summed E-state index contributed by atoms with van der Waals surface area (Å²) >= 11 is 0. The number of Topliss-reactive ketones (excluding diaryl/α,β-unsaturated/α-hetero) is 1. The molecule has 1 aromatic rings.